The lowest BCUT2D eigenvalue weighted by atomic mass is 10.2. The second kappa shape index (κ2) is 8.52. The molecule has 1 amide bonds. The van der Waals surface area contributed by atoms with Gasteiger partial charge in [-0.2, -0.15) is 0 Å². The standard InChI is InChI=1S/C20H20N4O5S2/c1-13(18(25)21-20-23-22-19(30-20)14-6-4-3-5-7-14)24(31(2,26)27)15-8-9-16-17(12-15)29-11-10-28-16/h3-9,12-13H,10-11H2,1-2H3,(H,21,23,25)/t13-/m0/s1. The van der Waals surface area contributed by atoms with Crippen molar-refractivity contribution in [1.29, 1.82) is 0 Å². The number of carbonyl (C=O) groups is 1. The molecule has 2 heterocycles. The lowest BCUT2D eigenvalue weighted by Crippen LogP contribution is -2.45. The van der Waals surface area contributed by atoms with Crippen LogP contribution in [0.4, 0.5) is 10.8 Å². The van der Waals surface area contributed by atoms with Gasteiger partial charge in [0.05, 0.1) is 11.9 Å². The zero-order chi connectivity index (χ0) is 22.0. The number of anilines is 2. The first kappa shape index (κ1) is 21.1. The first-order valence-corrected chi connectivity index (χ1v) is 12.1. The van der Waals surface area contributed by atoms with Crippen LogP contribution < -0.4 is 19.1 Å². The molecule has 1 aliphatic heterocycles. The van der Waals surface area contributed by atoms with Gasteiger partial charge in [-0.05, 0) is 19.1 Å². The number of amides is 1. The highest BCUT2D eigenvalue weighted by Gasteiger charge is 2.31. The van der Waals surface area contributed by atoms with Crippen LogP contribution in [0, 0.1) is 0 Å². The molecule has 1 aliphatic rings. The monoisotopic (exact) mass is 460 g/mol. The summed E-state index contributed by atoms with van der Waals surface area (Å²) in [6, 6.07) is 13.2. The number of aromatic nitrogens is 2. The second-order valence-electron chi connectivity index (χ2n) is 6.83. The van der Waals surface area contributed by atoms with Crippen LogP contribution in [-0.2, 0) is 14.8 Å². The van der Waals surface area contributed by atoms with E-state index in [4.69, 9.17) is 9.47 Å². The van der Waals surface area contributed by atoms with Gasteiger partial charge in [-0.15, -0.1) is 10.2 Å². The maximum absolute atomic E-state index is 12.9. The third-order valence-electron chi connectivity index (χ3n) is 4.54. The molecule has 0 unspecified atom stereocenters. The van der Waals surface area contributed by atoms with Crippen molar-refractivity contribution in [2.24, 2.45) is 0 Å². The number of benzene rings is 2. The fourth-order valence-electron chi connectivity index (χ4n) is 3.16. The van der Waals surface area contributed by atoms with Gasteiger partial charge in [0.15, 0.2) is 11.5 Å². The molecule has 0 radical (unpaired) electrons. The van der Waals surface area contributed by atoms with Gasteiger partial charge < -0.3 is 9.47 Å². The lowest BCUT2D eigenvalue weighted by Gasteiger charge is -2.29. The van der Waals surface area contributed by atoms with E-state index in [0.717, 1.165) is 16.1 Å². The van der Waals surface area contributed by atoms with Crippen LogP contribution in [-0.4, -0.2) is 50.0 Å². The topological polar surface area (TPSA) is 111 Å². The Morgan fingerprint density at radius 2 is 1.81 bits per heavy atom. The summed E-state index contributed by atoms with van der Waals surface area (Å²) in [4.78, 5) is 12.9. The summed E-state index contributed by atoms with van der Waals surface area (Å²) in [5, 5.41) is 11.7. The molecule has 1 N–H and O–H groups in total. The third kappa shape index (κ3) is 4.62. The zero-order valence-corrected chi connectivity index (χ0v) is 18.4. The number of ether oxygens (including phenoxy) is 2. The van der Waals surface area contributed by atoms with Crippen molar-refractivity contribution in [3.05, 3.63) is 48.5 Å². The third-order valence-corrected chi connectivity index (χ3v) is 6.67. The summed E-state index contributed by atoms with van der Waals surface area (Å²) in [6.45, 7) is 2.30. The minimum Gasteiger partial charge on any atom is -0.486 e. The van der Waals surface area contributed by atoms with E-state index in [1.807, 2.05) is 30.3 Å². The Morgan fingerprint density at radius 3 is 2.52 bits per heavy atom. The number of fused-ring (bicyclic) bond motifs is 1. The van der Waals surface area contributed by atoms with Gasteiger partial charge in [0, 0.05) is 11.6 Å². The van der Waals surface area contributed by atoms with Crippen LogP contribution in [0.15, 0.2) is 48.5 Å². The minimum absolute atomic E-state index is 0.284. The van der Waals surface area contributed by atoms with Crippen molar-refractivity contribution < 1.29 is 22.7 Å². The Kier molecular flexibility index (Phi) is 5.79. The minimum atomic E-state index is -3.78. The second-order valence-corrected chi connectivity index (χ2v) is 9.67. The highest BCUT2D eigenvalue weighted by atomic mass is 32.2. The van der Waals surface area contributed by atoms with Crippen LogP contribution >= 0.6 is 11.3 Å². The van der Waals surface area contributed by atoms with Crippen molar-refractivity contribution in [2.45, 2.75) is 13.0 Å². The quantitative estimate of drug-likeness (QED) is 0.602. The molecule has 1 atom stereocenters. The number of nitrogens with zero attached hydrogens (tertiary/aromatic N) is 3. The molecule has 1 aromatic heterocycles. The van der Waals surface area contributed by atoms with Crippen LogP contribution in [0.1, 0.15) is 6.92 Å². The summed E-state index contributed by atoms with van der Waals surface area (Å²) < 4.78 is 37.1. The Morgan fingerprint density at radius 1 is 1.10 bits per heavy atom. The van der Waals surface area contributed by atoms with Crippen LogP contribution in [0.3, 0.4) is 0 Å². The van der Waals surface area contributed by atoms with E-state index in [-0.39, 0.29) is 5.13 Å². The average Bonchev–Trinajstić information content (AvgIpc) is 3.22. The van der Waals surface area contributed by atoms with E-state index in [9.17, 15) is 13.2 Å². The molecule has 0 fully saturated rings. The van der Waals surface area contributed by atoms with Crippen molar-refractivity contribution in [1.82, 2.24) is 10.2 Å². The molecule has 3 aromatic rings. The zero-order valence-electron chi connectivity index (χ0n) is 16.8. The lowest BCUT2D eigenvalue weighted by molar-refractivity contribution is -0.116. The van der Waals surface area contributed by atoms with Crippen LogP contribution in [0.5, 0.6) is 11.5 Å². The number of hydrogen-bond acceptors (Lipinski definition) is 8. The SMILES string of the molecule is C[C@@H](C(=O)Nc1nnc(-c2ccccc2)s1)N(c1ccc2c(c1)OCCO2)S(C)(=O)=O. The average molecular weight is 461 g/mol. The molecule has 4 rings (SSSR count). The highest BCUT2D eigenvalue weighted by Crippen LogP contribution is 2.35. The molecule has 0 spiro atoms. The van der Waals surface area contributed by atoms with Gasteiger partial charge >= 0.3 is 0 Å². The molecule has 0 aliphatic carbocycles. The fraction of sp³-hybridized carbons (Fsp3) is 0.250. The highest BCUT2D eigenvalue weighted by molar-refractivity contribution is 7.92. The summed E-state index contributed by atoms with van der Waals surface area (Å²) in [5.41, 5.74) is 1.18. The molecule has 162 valence electrons. The molecular weight excluding hydrogens is 440 g/mol. The van der Waals surface area contributed by atoms with Gasteiger partial charge in [0.2, 0.25) is 21.1 Å². The van der Waals surface area contributed by atoms with Gasteiger partial charge in [0.1, 0.15) is 24.3 Å². The van der Waals surface area contributed by atoms with Crippen molar-refractivity contribution in [2.75, 3.05) is 29.1 Å². The molecule has 0 bridgehead atoms. The fourth-order valence-corrected chi connectivity index (χ4v) is 5.08. The Hall–Kier alpha value is -3.18. The number of nitrogens with one attached hydrogen (secondary N) is 1. The van der Waals surface area contributed by atoms with E-state index in [2.05, 4.69) is 15.5 Å². The van der Waals surface area contributed by atoms with Crippen molar-refractivity contribution in [3.63, 3.8) is 0 Å². The molecule has 2 aromatic carbocycles. The molecule has 0 saturated carbocycles. The predicted octanol–water partition coefficient (Wildman–Crippen LogP) is 2.77. The Labute approximate surface area is 183 Å². The molecule has 11 heteroatoms. The maximum atomic E-state index is 12.9. The smallest absolute Gasteiger partial charge is 0.249 e. The molecule has 9 nitrogen and oxygen atoms in total. The van der Waals surface area contributed by atoms with E-state index >= 15 is 0 Å². The number of hydrogen-bond donors (Lipinski definition) is 1. The maximum Gasteiger partial charge on any atom is 0.249 e. The van der Waals surface area contributed by atoms with Crippen LogP contribution in [0.25, 0.3) is 10.6 Å². The largest absolute Gasteiger partial charge is 0.486 e. The van der Waals surface area contributed by atoms with Crippen molar-refractivity contribution >= 4 is 38.1 Å². The van der Waals surface area contributed by atoms with Gasteiger partial charge in [-0.1, -0.05) is 41.7 Å². The Bertz CT molecular complexity index is 1200. The van der Waals surface area contributed by atoms with Gasteiger partial charge in [-0.25, -0.2) is 8.42 Å². The first-order chi connectivity index (χ1) is 14.8. The molecule has 31 heavy (non-hydrogen) atoms. The van der Waals surface area contributed by atoms with E-state index in [1.54, 1.807) is 18.2 Å². The molecule has 0 saturated heterocycles. The number of rotatable bonds is 6. The van der Waals surface area contributed by atoms with E-state index in [1.165, 1.54) is 18.3 Å². The predicted molar refractivity (Wildman–Crippen MR) is 118 cm³/mol. The van der Waals surface area contributed by atoms with Crippen LogP contribution in [0.2, 0.25) is 0 Å². The summed E-state index contributed by atoms with van der Waals surface area (Å²) in [5.74, 6) is 0.431. The normalized spacial score (nSPS) is 14.0. The molecular formula is C20H20N4O5S2. The summed E-state index contributed by atoms with van der Waals surface area (Å²) in [6.07, 6.45) is 1.05. The number of carbonyl (C=O) groups excluding carboxylic acids is 1. The number of sulfonamides is 1. The first-order valence-electron chi connectivity index (χ1n) is 9.42. The van der Waals surface area contributed by atoms with E-state index < -0.39 is 22.0 Å². The summed E-state index contributed by atoms with van der Waals surface area (Å²) in [7, 11) is -3.78. The Balaban J connectivity index is 1.56. The van der Waals surface area contributed by atoms with Gasteiger partial charge in [-0.3, -0.25) is 14.4 Å². The summed E-state index contributed by atoms with van der Waals surface area (Å²) >= 11 is 1.21. The van der Waals surface area contributed by atoms with Crippen molar-refractivity contribution in [3.8, 4) is 22.1 Å². The van der Waals surface area contributed by atoms with E-state index in [0.29, 0.717) is 35.4 Å². The van der Waals surface area contributed by atoms with Gasteiger partial charge in [0.25, 0.3) is 0 Å².